The zero-order valence-corrected chi connectivity index (χ0v) is 23.2. The summed E-state index contributed by atoms with van der Waals surface area (Å²) in [6.45, 7) is 6.05. The Balaban J connectivity index is 1.98. The molecule has 11 atom stereocenters. The second-order valence-corrected chi connectivity index (χ2v) is 11.8. The number of aliphatic carboxylic acids is 1. The van der Waals surface area contributed by atoms with E-state index in [9.17, 15) is 39.3 Å². The highest BCUT2D eigenvalue weighted by atomic mass is 16.6. The third-order valence-electron chi connectivity index (χ3n) is 9.57. The molecule has 2 saturated carbocycles. The minimum atomic E-state index is -2.33. The Kier molecular flexibility index (Phi) is 7.57. The van der Waals surface area contributed by atoms with E-state index in [1.165, 1.54) is 7.11 Å². The summed E-state index contributed by atoms with van der Waals surface area (Å²) in [5.41, 5.74) is -4.67. The van der Waals surface area contributed by atoms with Crippen molar-refractivity contribution in [3.8, 4) is 0 Å². The minimum Gasteiger partial charge on any atom is -0.481 e. The minimum absolute atomic E-state index is 0.0448. The summed E-state index contributed by atoms with van der Waals surface area (Å²) < 4.78 is 27.3. The Bertz CT molecular complexity index is 1140. The highest BCUT2D eigenvalue weighted by Gasteiger charge is 2.85. The molecule has 40 heavy (non-hydrogen) atoms. The maximum atomic E-state index is 13.5. The average Bonchev–Trinajstić information content (AvgIpc) is 3.18. The van der Waals surface area contributed by atoms with E-state index in [4.69, 9.17) is 23.7 Å². The van der Waals surface area contributed by atoms with Crippen LogP contribution in [0.3, 0.4) is 0 Å². The van der Waals surface area contributed by atoms with Crippen LogP contribution in [0.4, 0.5) is 0 Å². The van der Waals surface area contributed by atoms with Gasteiger partial charge < -0.3 is 39.0 Å². The lowest BCUT2D eigenvalue weighted by atomic mass is 9.38. The Morgan fingerprint density at radius 3 is 2.33 bits per heavy atom. The highest BCUT2D eigenvalue weighted by Crippen LogP contribution is 2.72. The van der Waals surface area contributed by atoms with Crippen LogP contribution in [0.15, 0.2) is 11.6 Å². The van der Waals surface area contributed by atoms with Crippen molar-refractivity contribution >= 4 is 29.8 Å². The first-order valence-corrected chi connectivity index (χ1v) is 13.1. The second kappa shape index (κ2) is 10.1. The molecular weight excluding hydrogens is 532 g/mol. The van der Waals surface area contributed by atoms with E-state index in [0.29, 0.717) is 5.57 Å². The van der Waals surface area contributed by atoms with Crippen LogP contribution in [0.1, 0.15) is 40.5 Å². The molecule has 3 N–H and O–H groups in total. The third-order valence-corrected chi connectivity index (χ3v) is 9.57. The Labute approximate surface area is 230 Å². The number of carboxylic acids is 1. The van der Waals surface area contributed by atoms with Crippen molar-refractivity contribution in [2.75, 3.05) is 20.8 Å². The summed E-state index contributed by atoms with van der Waals surface area (Å²) in [4.78, 5) is 64.5. The number of rotatable bonds is 7. The number of allylic oxidation sites excluding steroid dienone is 1. The van der Waals surface area contributed by atoms with E-state index in [1.807, 2.05) is 0 Å². The van der Waals surface area contributed by atoms with Gasteiger partial charge in [0, 0.05) is 17.4 Å². The molecule has 4 rings (SSSR count). The molecule has 4 fully saturated rings. The Hall–Kier alpha value is -3.03. The molecule has 0 amide bonds. The van der Waals surface area contributed by atoms with E-state index in [1.54, 1.807) is 27.7 Å². The molecule has 2 aliphatic heterocycles. The largest absolute Gasteiger partial charge is 0.481 e. The van der Waals surface area contributed by atoms with Crippen molar-refractivity contribution in [3.63, 3.8) is 0 Å². The molecule has 0 aromatic rings. The van der Waals surface area contributed by atoms with Crippen molar-refractivity contribution in [3.05, 3.63) is 11.6 Å². The van der Waals surface area contributed by atoms with Crippen LogP contribution < -0.4 is 0 Å². The second-order valence-electron chi connectivity index (χ2n) is 11.8. The number of methoxy groups -OCH3 is 2. The zero-order chi connectivity index (χ0) is 29.9. The molecule has 0 aromatic heterocycles. The van der Waals surface area contributed by atoms with Crippen LogP contribution in [-0.4, -0.2) is 96.0 Å². The van der Waals surface area contributed by atoms with Gasteiger partial charge in [0.25, 0.3) is 0 Å². The molecular formula is C27H36O13. The monoisotopic (exact) mass is 568 g/mol. The molecule has 0 unspecified atom stereocenters. The van der Waals surface area contributed by atoms with Crippen LogP contribution in [0, 0.1) is 34.5 Å². The molecule has 0 radical (unpaired) electrons. The smallest absolute Gasteiger partial charge is 0.348 e. The van der Waals surface area contributed by atoms with Gasteiger partial charge >= 0.3 is 29.8 Å². The van der Waals surface area contributed by atoms with Crippen LogP contribution in [-0.2, 0) is 47.7 Å². The van der Waals surface area contributed by atoms with Crippen molar-refractivity contribution in [1.29, 1.82) is 0 Å². The first-order valence-electron chi connectivity index (χ1n) is 13.1. The van der Waals surface area contributed by atoms with Crippen molar-refractivity contribution < 1.29 is 63.0 Å². The zero-order valence-electron chi connectivity index (χ0n) is 23.2. The molecule has 13 nitrogen and oxygen atoms in total. The molecule has 0 aromatic carbocycles. The van der Waals surface area contributed by atoms with E-state index in [0.717, 1.165) is 13.2 Å². The summed E-state index contributed by atoms with van der Waals surface area (Å²) in [5.74, 6) is -9.17. The number of ether oxygens (including phenoxy) is 5. The molecule has 2 saturated heterocycles. The van der Waals surface area contributed by atoms with Gasteiger partial charge in [-0.2, -0.15) is 0 Å². The summed E-state index contributed by atoms with van der Waals surface area (Å²) in [6.07, 6.45) is -6.09. The van der Waals surface area contributed by atoms with Crippen LogP contribution in [0.2, 0.25) is 0 Å². The average molecular weight is 569 g/mol. The molecule has 1 spiro atoms. The lowest BCUT2D eigenvalue weighted by Gasteiger charge is -2.66. The number of hydrogen-bond acceptors (Lipinski definition) is 12. The fraction of sp³-hybridized carbons (Fsp3) is 0.741. The van der Waals surface area contributed by atoms with Gasteiger partial charge in [-0.3, -0.25) is 9.59 Å². The topological polar surface area (TPSA) is 192 Å². The van der Waals surface area contributed by atoms with E-state index in [2.05, 4.69) is 0 Å². The quantitative estimate of drug-likeness (QED) is 0.211. The van der Waals surface area contributed by atoms with Crippen molar-refractivity contribution in [2.24, 2.45) is 34.5 Å². The Morgan fingerprint density at radius 2 is 1.77 bits per heavy atom. The molecule has 2 heterocycles. The molecule has 13 heteroatoms. The molecule has 2 bridgehead atoms. The fourth-order valence-electron chi connectivity index (χ4n) is 8.25. The maximum Gasteiger partial charge on any atom is 0.348 e. The van der Waals surface area contributed by atoms with Crippen molar-refractivity contribution in [1.82, 2.24) is 0 Å². The van der Waals surface area contributed by atoms with Gasteiger partial charge in [-0.05, 0) is 31.6 Å². The highest BCUT2D eigenvalue weighted by molar-refractivity contribution is 5.89. The summed E-state index contributed by atoms with van der Waals surface area (Å²) >= 11 is 0. The SMILES string of the molecule is COC(=O)[C@@H](C)[C@@H]1C[C@H]2OC(=O)[C@H](OC(=O)C=C(C)C)[C@H]3[C@]4(C(=O)OC)OC[C@]23[C@H]([C@@H](O)[C@@H]4O)[C@@]1(C)CC(=O)O. The summed E-state index contributed by atoms with van der Waals surface area (Å²) in [7, 11) is 2.23. The number of carbonyl (C=O) groups excluding carboxylic acids is 4. The van der Waals surface area contributed by atoms with Gasteiger partial charge in [0.2, 0.25) is 11.7 Å². The van der Waals surface area contributed by atoms with Gasteiger partial charge in [-0.1, -0.05) is 19.4 Å². The van der Waals surface area contributed by atoms with Gasteiger partial charge in [0.05, 0.1) is 45.2 Å². The lowest BCUT2D eigenvalue weighted by Crippen LogP contribution is -2.79. The number of aliphatic hydroxyl groups excluding tert-OH is 2. The molecule has 222 valence electrons. The number of carbonyl (C=O) groups is 5. The standard InChI is InChI=1S/C27H36O13/c1-11(2)7-16(30)40-18-20-26-10-38-27(20,24(35)37-6)21(32)17(31)19(26)25(4,9-15(28)29)13(12(3)22(33)36-5)8-14(26)39-23(18)34/h7,12-14,17-21,31-32H,8-10H2,1-6H3,(H,28,29)/t12-,13-,14+,17+,18+,19+,20+,21-,25-,26+,27-/m0/s1. The normalized spacial score (nSPS) is 42.0. The summed E-state index contributed by atoms with van der Waals surface area (Å²) in [5, 5.41) is 33.3. The fourth-order valence-corrected chi connectivity index (χ4v) is 8.25. The van der Waals surface area contributed by atoms with Crippen LogP contribution in [0.5, 0.6) is 0 Å². The molecule has 4 aliphatic rings. The first-order chi connectivity index (χ1) is 18.6. The third kappa shape index (κ3) is 3.96. The van der Waals surface area contributed by atoms with Gasteiger partial charge in [0.1, 0.15) is 12.2 Å². The predicted octanol–water partition coefficient (Wildman–Crippen LogP) is -0.00400. The maximum absolute atomic E-state index is 13.5. The van der Waals surface area contributed by atoms with Crippen LogP contribution >= 0.6 is 0 Å². The summed E-state index contributed by atoms with van der Waals surface area (Å²) in [6, 6.07) is 0. The van der Waals surface area contributed by atoms with Gasteiger partial charge in [-0.15, -0.1) is 0 Å². The van der Waals surface area contributed by atoms with Gasteiger partial charge in [-0.25, -0.2) is 14.4 Å². The Morgan fingerprint density at radius 1 is 1.12 bits per heavy atom. The molecule has 2 aliphatic carbocycles. The van der Waals surface area contributed by atoms with E-state index < -0.39 is 101 Å². The first kappa shape index (κ1) is 29.9. The number of esters is 4. The van der Waals surface area contributed by atoms with E-state index in [-0.39, 0.29) is 13.0 Å². The number of aliphatic hydroxyl groups is 2. The van der Waals surface area contributed by atoms with E-state index >= 15 is 0 Å². The number of carboxylic acid groups (broad SMARTS) is 1. The lowest BCUT2D eigenvalue weighted by molar-refractivity contribution is -0.294. The predicted molar refractivity (Wildman–Crippen MR) is 131 cm³/mol. The van der Waals surface area contributed by atoms with Crippen LogP contribution in [0.25, 0.3) is 0 Å². The number of hydrogen-bond donors (Lipinski definition) is 3. The van der Waals surface area contributed by atoms with Crippen molar-refractivity contribution in [2.45, 2.75) is 70.6 Å². The van der Waals surface area contributed by atoms with Gasteiger partial charge in [0.15, 0.2) is 0 Å².